The molecule has 2 heterocycles. The summed E-state index contributed by atoms with van der Waals surface area (Å²) in [5.41, 5.74) is 2.50. The molecule has 0 bridgehead atoms. The number of fused-ring (bicyclic) bond motifs is 1. The third kappa shape index (κ3) is 4.44. The molecule has 0 aliphatic carbocycles. The molecule has 2 aliphatic heterocycles. The number of hydrogen-bond acceptors (Lipinski definition) is 5. The third-order valence-corrected chi connectivity index (χ3v) is 10.1. The van der Waals surface area contributed by atoms with Crippen molar-refractivity contribution in [3.8, 4) is 0 Å². The highest BCUT2D eigenvalue weighted by molar-refractivity contribution is 7.89. The molecule has 178 valence electrons. The maximum absolute atomic E-state index is 13.4. The number of piperidine rings is 1. The highest BCUT2D eigenvalue weighted by Gasteiger charge is 2.37. The summed E-state index contributed by atoms with van der Waals surface area (Å²) in [6.07, 6.45) is 1.80. The van der Waals surface area contributed by atoms with E-state index in [-0.39, 0.29) is 22.2 Å². The summed E-state index contributed by atoms with van der Waals surface area (Å²) in [5, 5.41) is 0. The number of carbonyl (C=O) groups is 1. The first-order chi connectivity index (χ1) is 15.5. The summed E-state index contributed by atoms with van der Waals surface area (Å²) in [5.74, 6) is -0.545. The number of rotatable bonds is 5. The van der Waals surface area contributed by atoms with E-state index >= 15 is 0 Å². The Kier molecular flexibility index (Phi) is 6.38. The summed E-state index contributed by atoms with van der Waals surface area (Å²) >= 11 is 0. The second kappa shape index (κ2) is 8.83. The zero-order valence-corrected chi connectivity index (χ0v) is 20.7. The van der Waals surface area contributed by atoms with Crippen molar-refractivity contribution in [2.75, 3.05) is 38.6 Å². The summed E-state index contributed by atoms with van der Waals surface area (Å²) in [7, 11) is -4.25. The zero-order valence-electron chi connectivity index (χ0n) is 19.1. The number of nitrogens with zero attached hydrogens (tertiary/aromatic N) is 3. The Morgan fingerprint density at radius 1 is 0.970 bits per heavy atom. The van der Waals surface area contributed by atoms with E-state index in [4.69, 9.17) is 0 Å². The maximum Gasteiger partial charge on any atom is 0.243 e. The minimum Gasteiger partial charge on any atom is -0.312 e. The van der Waals surface area contributed by atoms with E-state index in [1.165, 1.54) is 24.5 Å². The predicted octanol–water partition coefficient (Wildman–Crippen LogP) is 2.24. The van der Waals surface area contributed by atoms with Gasteiger partial charge in [-0.2, -0.15) is 4.31 Å². The van der Waals surface area contributed by atoms with Gasteiger partial charge in [-0.1, -0.05) is 17.7 Å². The van der Waals surface area contributed by atoms with Gasteiger partial charge in [0.15, 0.2) is 0 Å². The van der Waals surface area contributed by atoms with Gasteiger partial charge in [0.25, 0.3) is 0 Å². The van der Waals surface area contributed by atoms with Crippen LogP contribution in [0.3, 0.4) is 0 Å². The average Bonchev–Trinajstić information content (AvgIpc) is 3.22. The molecule has 2 aliphatic rings. The number of carbonyl (C=O) groups excluding carboxylic acids is 1. The van der Waals surface area contributed by atoms with E-state index in [0.29, 0.717) is 38.0 Å². The van der Waals surface area contributed by atoms with E-state index in [0.717, 1.165) is 15.4 Å². The second-order valence-electron chi connectivity index (χ2n) is 8.83. The molecule has 33 heavy (non-hydrogen) atoms. The highest BCUT2D eigenvalue weighted by Crippen LogP contribution is 2.34. The van der Waals surface area contributed by atoms with Gasteiger partial charge in [0, 0.05) is 39.4 Å². The molecular formula is C23H29N3O5S2. The lowest BCUT2D eigenvalue weighted by atomic mass is 9.98. The molecule has 1 fully saturated rings. The maximum atomic E-state index is 13.4. The van der Waals surface area contributed by atoms with Crippen LogP contribution in [-0.2, 0) is 31.3 Å². The molecule has 1 saturated heterocycles. The minimum absolute atomic E-state index is 0.110. The molecule has 8 nitrogen and oxygen atoms in total. The molecule has 2 aromatic rings. The van der Waals surface area contributed by atoms with Crippen molar-refractivity contribution in [2.45, 2.75) is 36.0 Å². The highest BCUT2D eigenvalue weighted by atomic mass is 32.2. The van der Waals surface area contributed by atoms with Gasteiger partial charge in [-0.15, -0.1) is 0 Å². The fraction of sp³-hybridized carbons (Fsp3) is 0.435. The lowest BCUT2D eigenvalue weighted by molar-refractivity contribution is -0.123. The number of hydrogen-bond donors (Lipinski definition) is 0. The molecule has 1 atom stereocenters. The predicted molar refractivity (Wildman–Crippen MR) is 126 cm³/mol. The van der Waals surface area contributed by atoms with Crippen LogP contribution in [0.2, 0.25) is 0 Å². The van der Waals surface area contributed by atoms with Crippen LogP contribution in [0.5, 0.6) is 0 Å². The van der Waals surface area contributed by atoms with Crippen LogP contribution < -0.4 is 4.90 Å². The molecule has 0 aromatic heterocycles. The Bertz CT molecular complexity index is 1270. The van der Waals surface area contributed by atoms with Gasteiger partial charge in [-0.05, 0) is 62.1 Å². The van der Waals surface area contributed by atoms with Crippen LogP contribution >= 0.6 is 0 Å². The molecule has 4 rings (SSSR count). The van der Waals surface area contributed by atoms with E-state index in [1.54, 1.807) is 41.3 Å². The first kappa shape index (κ1) is 23.9. The Labute approximate surface area is 195 Å². The number of amides is 1. The molecular weight excluding hydrogens is 462 g/mol. The quantitative estimate of drug-likeness (QED) is 0.639. The fourth-order valence-corrected chi connectivity index (χ4v) is 6.90. The molecule has 0 radical (unpaired) electrons. The largest absolute Gasteiger partial charge is 0.312 e. The minimum atomic E-state index is -3.67. The average molecular weight is 492 g/mol. The van der Waals surface area contributed by atoms with Crippen molar-refractivity contribution in [1.82, 2.24) is 8.61 Å². The van der Waals surface area contributed by atoms with E-state index in [9.17, 15) is 21.6 Å². The molecule has 0 N–H and O–H groups in total. The Balaban J connectivity index is 1.53. The van der Waals surface area contributed by atoms with Gasteiger partial charge in [0.05, 0.1) is 15.7 Å². The van der Waals surface area contributed by atoms with Crippen molar-refractivity contribution in [3.05, 3.63) is 53.6 Å². The summed E-state index contributed by atoms with van der Waals surface area (Å²) in [4.78, 5) is 15.5. The molecule has 0 spiro atoms. The van der Waals surface area contributed by atoms with Crippen molar-refractivity contribution < 1.29 is 21.6 Å². The summed E-state index contributed by atoms with van der Waals surface area (Å²) < 4.78 is 53.7. The standard InChI is InChI=1S/C23H29N3O5S2/c1-17-6-8-20(9-7-17)33(30,31)25-13-4-5-19(16-25)23(27)26-14-12-18-15-21(10-11-22(18)26)32(28,29)24(2)3/h6-11,15,19H,4-5,12-14,16H2,1-3H3/t19-/m1/s1. The Hall–Kier alpha value is -2.27. The van der Waals surface area contributed by atoms with Gasteiger partial charge in [0.1, 0.15) is 0 Å². The molecule has 0 unspecified atom stereocenters. The second-order valence-corrected chi connectivity index (χ2v) is 12.9. The Morgan fingerprint density at radius 2 is 1.64 bits per heavy atom. The van der Waals surface area contributed by atoms with Gasteiger partial charge < -0.3 is 4.90 Å². The lowest BCUT2D eigenvalue weighted by Crippen LogP contribution is -2.46. The molecule has 0 saturated carbocycles. The first-order valence-corrected chi connectivity index (χ1v) is 13.8. The van der Waals surface area contributed by atoms with E-state index in [1.807, 2.05) is 6.92 Å². The van der Waals surface area contributed by atoms with Crippen LogP contribution in [0.4, 0.5) is 5.69 Å². The van der Waals surface area contributed by atoms with Crippen LogP contribution in [0.15, 0.2) is 52.3 Å². The number of anilines is 1. The summed E-state index contributed by atoms with van der Waals surface area (Å²) in [6, 6.07) is 11.6. The number of aryl methyl sites for hydroxylation is 1. The van der Waals surface area contributed by atoms with Crippen molar-refractivity contribution in [2.24, 2.45) is 5.92 Å². The smallest absolute Gasteiger partial charge is 0.243 e. The van der Waals surface area contributed by atoms with Gasteiger partial charge in [-0.3, -0.25) is 4.79 Å². The molecule has 2 aromatic carbocycles. The lowest BCUT2D eigenvalue weighted by Gasteiger charge is -2.33. The van der Waals surface area contributed by atoms with E-state index < -0.39 is 26.0 Å². The third-order valence-electron chi connectivity index (χ3n) is 6.38. The zero-order chi connectivity index (χ0) is 24.0. The molecule has 1 amide bonds. The van der Waals surface area contributed by atoms with Crippen molar-refractivity contribution >= 4 is 31.6 Å². The number of sulfonamides is 2. The normalized spacial score (nSPS) is 19.6. The van der Waals surface area contributed by atoms with E-state index in [2.05, 4.69) is 0 Å². The van der Waals surface area contributed by atoms with Gasteiger partial charge >= 0.3 is 0 Å². The van der Waals surface area contributed by atoms with Crippen LogP contribution in [0, 0.1) is 12.8 Å². The first-order valence-electron chi connectivity index (χ1n) is 11.0. The van der Waals surface area contributed by atoms with Gasteiger partial charge in [0.2, 0.25) is 26.0 Å². The number of benzene rings is 2. The van der Waals surface area contributed by atoms with Crippen LogP contribution in [0.25, 0.3) is 0 Å². The Morgan fingerprint density at radius 3 is 2.30 bits per heavy atom. The van der Waals surface area contributed by atoms with Crippen molar-refractivity contribution in [3.63, 3.8) is 0 Å². The van der Waals surface area contributed by atoms with Crippen LogP contribution in [-0.4, -0.2) is 65.1 Å². The van der Waals surface area contributed by atoms with Crippen molar-refractivity contribution in [1.29, 1.82) is 0 Å². The monoisotopic (exact) mass is 491 g/mol. The molecule has 10 heteroatoms. The topological polar surface area (TPSA) is 95.1 Å². The fourth-order valence-electron chi connectivity index (χ4n) is 4.42. The van der Waals surface area contributed by atoms with Gasteiger partial charge in [-0.25, -0.2) is 21.1 Å². The summed E-state index contributed by atoms with van der Waals surface area (Å²) in [6.45, 7) is 2.90. The van der Waals surface area contributed by atoms with Crippen LogP contribution in [0.1, 0.15) is 24.0 Å². The SMILES string of the molecule is Cc1ccc(S(=O)(=O)N2CCC[C@@H](C(=O)N3CCc4cc(S(=O)(=O)N(C)C)ccc43)C2)cc1.